The lowest BCUT2D eigenvalue weighted by molar-refractivity contribution is -0.275. The molecule has 0 amide bonds. The molecule has 0 aromatic rings. The van der Waals surface area contributed by atoms with Gasteiger partial charge in [-0.3, -0.25) is 4.79 Å². The van der Waals surface area contributed by atoms with E-state index in [2.05, 4.69) is 27.7 Å². The highest BCUT2D eigenvalue weighted by molar-refractivity contribution is 5.66. The van der Waals surface area contributed by atoms with Crippen LogP contribution in [0, 0.1) is 5.92 Å². The molecule has 2 rings (SSSR count). The van der Waals surface area contributed by atoms with E-state index in [1.54, 1.807) is 6.92 Å². The summed E-state index contributed by atoms with van der Waals surface area (Å²) in [6.07, 6.45) is 3.83. The van der Waals surface area contributed by atoms with E-state index in [-0.39, 0.29) is 49.1 Å². The van der Waals surface area contributed by atoms with Crippen molar-refractivity contribution >= 4 is 5.97 Å². The molecule has 2 heterocycles. The number of hydrogen-bond donors (Lipinski definition) is 1. The number of carbonyl (C=O) groups is 1. The van der Waals surface area contributed by atoms with Gasteiger partial charge in [0.05, 0.1) is 30.5 Å². The molecule has 30 heavy (non-hydrogen) atoms. The fourth-order valence-electron chi connectivity index (χ4n) is 4.40. The van der Waals surface area contributed by atoms with Gasteiger partial charge in [0.1, 0.15) is 6.10 Å². The van der Waals surface area contributed by atoms with Gasteiger partial charge in [-0.1, -0.05) is 20.8 Å². The van der Waals surface area contributed by atoms with E-state index >= 15 is 0 Å². The summed E-state index contributed by atoms with van der Waals surface area (Å²) in [5, 5.41) is 10.5. The molecule has 8 atom stereocenters. The molecule has 1 N–H and O–H groups in total. The first-order chi connectivity index (χ1) is 14.1. The third-order valence-corrected chi connectivity index (χ3v) is 5.57. The minimum Gasteiger partial charge on any atom is -0.463 e. The lowest BCUT2D eigenvalue weighted by atomic mass is 9.95. The molecule has 0 aromatic heterocycles. The Morgan fingerprint density at radius 1 is 1.00 bits per heavy atom. The molecule has 0 aliphatic carbocycles. The van der Waals surface area contributed by atoms with Gasteiger partial charge in [0.15, 0.2) is 12.6 Å². The zero-order valence-corrected chi connectivity index (χ0v) is 19.5. The molecule has 2 saturated heterocycles. The van der Waals surface area contributed by atoms with E-state index in [4.69, 9.17) is 23.7 Å². The van der Waals surface area contributed by atoms with Crippen molar-refractivity contribution in [3.8, 4) is 0 Å². The van der Waals surface area contributed by atoms with Gasteiger partial charge < -0.3 is 28.8 Å². The van der Waals surface area contributed by atoms with Crippen LogP contribution in [0.5, 0.6) is 0 Å². The molecule has 2 aliphatic rings. The smallest absolute Gasteiger partial charge is 0.302 e. The zero-order chi connectivity index (χ0) is 22.3. The molecule has 0 aromatic carbocycles. The van der Waals surface area contributed by atoms with Crippen LogP contribution in [-0.4, -0.2) is 60.3 Å². The Labute approximate surface area is 181 Å². The Balaban J connectivity index is 1.93. The molecule has 176 valence electrons. The van der Waals surface area contributed by atoms with Gasteiger partial charge in [0.25, 0.3) is 0 Å². The highest BCUT2D eigenvalue weighted by Gasteiger charge is 2.35. The van der Waals surface area contributed by atoms with Crippen molar-refractivity contribution in [3.63, 3.8) is 0 Å². The SMILES string of the molecule is CCC1OC(C)CC(CC2CC(CC(O)CC(C)OC(C)=O)O[C@@H](CC(C)C)O2)O1. The summed E-state index contributed by atoms with van der Waals surface area (Å²) in [5.41, 5.74) is 0. The van der Waals surface area contributed by atoms with Gasteiger partial charge in [0.2, 0.25) is 0 Å². The Bertz CT molecular complexity index is 512. The van der Waals surface area contributed by atoms with E-state index in [1.807, 2.05) is 0 Å². The molecule has 2 aliphatic heterocycles. The topological polar surface area (TPSA) is 83.5 Å². The van der Waals surface area contributed by atoms with Crippen molar-refractivity contribution in [3.05, 3.63) is 0 Å². The van der Waals surface area contributed by atoms with E-state index < -0.39 is 6.10 Å². The summed E-state index contributed by atoms with van der Waals surface area (Å²) in [4.78, 5) is 11.1. The quantitative estimate of drug-likeness (QED) is 0.526. The van der Waals surface area contributed by atoms with E-state index in [1.165, 1.54) is 6.92 Å². The number of carbonyl (C=O) groups excluding carboxylic acids is 1. The summed E-state index contributed by atoms with van der Waals surface area (Å²) in [5.74, 6) is 0.122. The molecule has 7 unspecified atom stereocenters. The van der Waals surface area contributed by atoms with Crippen LogP contribution in [0.4, 0.5) is 0 Å². The summed E-state index contributed by atoms with van der Waals surface area (Å²) >= 11 is 0. The van der Waals surface area contributed by atoms with Crippen LogP contribution in [0.25, 0.3) is 0 Å². The maximum absolute atomic E-state index is 11.1. The van der Waals surface area contributed by atoms with Crippen LogP contribution in [0.2, 0.25) is 0 Å². The Morgan fingerprint density at radius 3 is 2.27 bits per heavy atom. The van der Waals surface area contributed by atoms with Gasteiger partial charge >= 0.3 is 5.97 Å². The normalized spacial score (nSPS) is 34.5. The van der Waals surface area contributed by atoms with Crippen LogP contribution in [-0.2, 0) is 28.5 Å². The van der Waals surface area contributed by atoms with E-state index in [9.17, 15) is 9.90 Å². The van der Waals surface area contributed by atoms with Gasteiger partial charge in [-0.15, -0.1) is 0 Å². The molecular formula is C23H42O7. The van der Waals surface area contributed by atoms with Gasteiger partial charge in [-0.25, -0.2) is 0 Å². The van der Waals surface area contributed by atoms with Gasteiger partial charge in [0, 0.05) is 32.6 Å². The maximum atomic E-state index is 11.1. The van der Waals surface area contributed by atoms with Crippen LogP contribution in [0.15, 0.2) is 0 Å². The second-order valence-electron chi connectivity index (χ2n) is 9.37. The third-order valence-electron chi connectivity index (χ3n) is 5.57. The number of rotatable bonds is 10. The fraction of sp³-hybridized carbons (Fsp3) is 0.957. The molecule has 0 bridgehead atoms. The van der Waals surface area contributed by atoms with Gasteiger partial charge in [-0.2, -0.15) is 0 Å². The predicted octanol–water partition coefficient (Wildman–Crippen LogP) is 3.95. The highest BCUT2D eigenvalue weighted by Crippen LogP contribution is 2.31. The number of aliphatic hydroxyl groups is 1. The number of esters is 1. The molecule has 0 spiro atoms. The van der Waals surface area contributed by atoms with Crippen molar-refractivity contribution < 1.29 is 33.6 Å². The Kier molecular flexibility index (Phi) is 10.5. The minimum absolute atomic E-state index is 0.0263. The molecule has 2 fully saturated rings. The highest BCUT2D eigenvalue weighted by atomic mass is 16.7. The molecule has 0 radical (unpaired) electrons. The second kappa shape index (κ2) is 12.3. The standard InChI is InChI=1S/C23H42O7/c1-7-22-27-16(5)10-19(28-22)12-21-13-20(29-23(30-21)8-14(2)3)11-18(25)9-15(4)26-17(6)24/h14-16,18-23,25H,7-13H2,1-6H3/t15?,16?,18?,19?,20?,21?,22?,23-/m1/s1. The zero-order valence-electron chi connectivity index (χ0n) is 19.5. The number of aliphatic hydroxyl groups excluding tert-OH is 1. The van der Waals surface area contributed by atoms with Crippen LogP contribution >= 0.6 is 0 Å². The Hall–Kier alpha value is -0.730. The minimum atomic E-state index is -0.591. The number of hydrogen-bond acceptors (Lipinski definition) is 7. The van der Waals surface area contributed by atoms with Crippen molar-refractivity contribution in [1.82, 2.24) is 0 Å². The summed E-state index contributed by atoms with van der Waals surface area (Å²) in [6.45, 7) is 11.6. The Morgan fingerprint density at radius 2 is 1.63 bits per heavy atom. The fourth-order valence-corrected chi connectivity index (χ4v) is 4.40. The first-order valence-electron chi connectivity index (χ1n) is 11.6. The summed E-state index contributed by atoms with van der Waals surface area (Å²) in [7, 11) is 0. The second-order valence-corrected chi connectivity index (χ2v) is 9.37. The monoisotopic (exact) mass is 430 g/mol. The van der Waals surface area contributed by atoms with Crippen LogP contribution in [0.1, 0.15) is 86.5 Å². The molecule has 7 heteroatoms. The average Bonchev–Trinajstić information content (AvgIpc) is 2.59. The summed E-state index contributed by atoms with van der Waals surface area (Å²) < 4.78 is 29.5. The summed E-state index contributed by atoms with van der Waals surface area (Å²) in [6, 6.07) is 0. The molecule has 7 nitrogen and oxygen atoms in total. The van der Waals surface area contributed by atoms with Crippen molar-refractivity contribution in [2.45, 2.75) is 136 Å². The first kappa shape index (κ1) is 25.5. The van der Waals surface area contributed by atoms with Crippen LogP contribution < -0.4 is 0 Å². The molecule has 0 saturated carbocycles. The largest absolute Gasteiger partial charge is 0.463 e. The van der Waals surface area contributed by atoms with Crippen molar-refractivity contribution in [2.24, 2.45) is 5.92 Å². The first-order valence-corrected chi connectivity index (χ1v) is 11.6. The van der Waals surface area contributed by atoms with Crippen molar-refractivity contribution in [1.29, 1.82) is 0 Å². The lowest BCUT2D eigenvalue weighted by Gasteiger charge is -2.40. The van der Waals surface area contributed by atoms with Crippen LogP contribution in [0.3, 0.4) is 0 Å². The van der Waals surface area contributed by atoms with E-state index in [0.29, 0.717) is 18.8 Å². The van der Waals surface area contributed by atoms with E-state index in [0.717, 1.165) is 32.1 Å². The maximum Gasteiger partial charge on any atom is 0.302 e. The third kappa shape index (κ3) is 9.18. The average molecular weight is 431 g/mol. The van der Waals surface area contributed by atoms with Crippen molar-refractivity contribution in [2.75, 3.05) is 0 Å². The van der Waals surface area contributed by atoms with Gasteiger partial charge in [-0.05, 0) is 39.0 Å². The molecular weight excluding hydrogens is 388 g/mol. The number of ether oxygens (including phenoxy) is 5. The lowest BCUT2D eigenvalue weighted by Crippen LogP contribution is -2.44. The predicted molar refractivity (Wildman–Crippen MR) is 113 cm³/mol.